The van der Waals surface area contributed by atoms with Gasteiger partial charge in [-0.2, -0.15) is 0 Å². The third-order valence-electron chi connectivity index (χ3n) is 3.81. The average Bonchev–Trinajstić information content (AvgIpc) is 2.98. The minimum Gasteiger partial charge on any atom is -0.445 e. The second-order valence-electron chi connectivity index (χ2n) is 5.77. The molecule has 1 saturated heterocycles. The Morgan fingerprint density at radius 2 is 2.16 bits per heavy atom. The monoisotopic (exact) mass is 349 g/mol. The molecule has 136 valence electrons. The van der Waals surface area contributed by atoms with Gasteiger partial charge in [0.15, 0.2) is 0 Å². The summed E-state index contributed by atoms with van der Waals surface area (Å²) in [5.41, 5.74) is 0.890. The number of carbonyl (C=O) groups is 1. The van der Waals surface area contributed by atoms with Crippen molar-refractivity contribution < 1.29 is 29.1 Å². The molecule has 0 saturated carbocycles. The lowest BCUT2D eigenvalue weighted by molar-refractivity contribution is -0.294. The predicted molar refractivity (Wildman–Crippen MR) is 90.8 cm³/mol. The fourth-order valence-corrected chi connectivity index (χ4v) is 2.63. The Bertz CT molecular complexity index is 517. The second kappa shape index (κ2) is 10.4. The van der Waals surface area contributed by atoms with Crippen molar-refractivity contribution in [1.29, 1.82) is 0 Å². The van der Waals surface area contributed by atoms with Crippen LogP contribution in [0.15, 0.2) is 30.3 Å². The first-order valence-corrected chi connectivity index (χ1v) is 8.41. The normalized spacial score (nSPS) is 24.0. The predicted octanol–water partition coefficient (Wildman–Crippen LogP) is 1.28. The first kappa shape index (κ1) is 19.7. The zero-order valence-electron chi connectivity index (χ0n) is 14.3. The van der Waals surface area contributed by atoms with E-state index in [-0.39, 0.29) is 13.2 Å². The van der Waals surface area contributed by atoms with Gasteiger partial charge < -0.3 is 19.9 Å². The van der Waals surface area contributed by atoms with Crippen LogP contribution in [-0.4, -0.2) is 56.5 Å². The van der Waals surface area contributed by atoms with Gasteiger partial charge in [-0.15, -0.1) is 0 Å². The Balaban J connectivity index is 1.78. The molecule has 8 heteroatoms. The molecule has 25 heavy (non-hydrogen) atoms. The van der Waals surface area contributed by atoms with E-state index >= 15 is 0 Å². The average molecular weight is 349 g/mol. The molecule has 1 aliphatic rings. The van der Waals surface area contributed by atoms with E-state index in [0.717, 1.165) is 5.56 Å². The van der Waals surface area contributed by atoms with Crippen molar-refractivity contribution in [3.63, 3.8) is 0 Å². The maximum atomic E-state index is 12.0. The fourth-order valence-electron chi connectivity index (χ4n) is 2.63. The van der Waals surface area contributed by atoms with E-state index < -0.39 is 30.3 Å². The van der Waals surface area contributed by atoms with E-state index in [9.17, 15) is 9.90 Å². The minimum absolute atomic E-state index is 0.168. The van der Waals surface area contributed by atoms with Crippen LogP contribution in [0.25, 0.3) is 0 Å². The van der Waals surface area contributed by atoms with Gasteiger partial charge in [0.1, 0.15) is 20.6 Å². The number of hydrogen-bond acceptors (Lipinski definition) is 6. The molecule has 1 amide bonds. The van der Waals surface area contributed by atoms with Gasteiger partial charge in [0.25, 0.3) is 0 Å². The summed E-state index contributed by atoms with van der Waals surface area (Å²) in [6.07, 6.45) is -1.34. The molecular weight excluding hydrogens is 325 g/mol. The zero-order valence-corrected chi connectivity index (χ0v) is 14.3. The van der Waals surface area contributed by atoms with E-state index in [1.807, 2.05) is 30.3 Å². The fraction of sp³-hybridized carbons (Fsp3) is 0.588. The minimum atomic E-state index is -0.839. The molecule has 2 rings (SSSR count). The second-order valence-corrected chi connectivity index (χ2v) is 5.77. The van der Waals surface area contributed by atoms with E-state index in [1.54, 1.807) is 6.92 Å². The van der Waals surface area contributed by atoms with Crippen LogP contribution in [0.2, 0.25) is 0 Å². The smallest absolute Gasteiger partial charge is 0.407 e. The highest BCUT2D eigenvalue weighted by molar-refractivity contribution is 6.11. The van der Waals surface area contributed by atoms with E-state index in [4.69, 9.17) is 27.1 Å². The van der Waals surface area contributed by atoms with Gasteiger partial charge in [-0.25, -0.2) is 14.6 Å². The van der Waals surface area contributed by atoms with Gasteiger partial charge in [-0.3, -0.25) is 0 Å². The van der Waals surface area contributed by atoms with E-state index in [1.165, 1.54) is 0 Å². The SMILES string of the molecule is [B][C@H]1CC(NC(=O)OCc2ccccc2)[C@@H]([C@H](O)CCOOCC)O1. The van der Waals surface area contributed by atoms with Gasteiger partial charge in [0.05, 0.1) is 25.4 Å². The lowest BCUT2D eigenvalue weighted by atomic mass is 9.94. The van der Waals surface area contributed by atoms with Gasteiger partial charge in [-0.1, -0.05) is 30.3 Å². The third kappa shape index (κ3) is 6.66. The molecule has 2 N–H and O–H groups in total. The van der Waals surface area contributed by atoms with Crippen molar-refractivity contribution in [2.75, 3.05) is 13.2 Å². The van der Waals surface area contributed by atoms with E-state index in [0.29, 0.717) is 19.4 Å². The molecular formula is C17H24BNO6. The maximum absolute atomic E-state index is 12.0. The quantitative estimate of drug-likeness (QED) is 0.302. The zero-order chi connectivity index (χ0) is 18.1. The molecule has 1 aromatic rings. The summed E-state index contributed by atoms with van der Waals surface area (Å²) in [6, 6.07) is 8.39. The third-order valence-corrected chi connectivity index (χ3v) is 3.81. The summed E-state index contributed by atoms with van der Waals surface area (Å²) in [4.78, 5) is 21.6. The van der Waals surface area contributed by atoms with E-state index in [2.05, 4.69) is 5.32 Å². The lowest BCUT2D eigenvalue weighted by Gasteiger charge is -2.24. The number of carbonyl (C=O) groups excluding carboxylic acids is 1. The molecule has 0 aliphatic carbocycles. The molecule has 1 heterocycles. The van der Waals surface area contributed by atoms with Gasteiger partial charge in [0, 0.05) is 12.4 Å². The Morgan fingerprint density at radius 1 is 1.40 bits per heavy atom. The lowest BCUT2D eigenvalue weighted by Crippen LogP contribution is -2.46. The van der Waals surface area contributed by atoms with Crippen LogP contribution in [-0.2, 0) is 25.9 Å². The molecule has 1 aliphatic heterocycles. The topological polar surface area (TPSA) is 86.3 Å². The van der Waals surface area contributed by atoms with Crippen LogP contribution in [0, 0.1) is 0 Å². The van der Waals surface area contributed by atoms with Gasteiger partial charge >= 0.3 is 6.09 Å². The standard InChI is InChI=1S/C17H24BNO6/c1-2-23-24-9-8-14(20)16-13(10-15(18)25-16)19-17(21)22-11-12-6-4-3-5-7-12/h3-7,13-16,20H,2,8-11H2,1H3,(H,19,21)/t13?,14-,15-,16+/m1/s1. The van der Waals surface area contributed by atoms with Crippen molar-refractivity contribution in [1.82, 2.24) is 5.32 Å². The Morgan fingerprint density at radius 3 is 2.88 bits per heavy atom. The molecule has 1 aromatic carbocycles. The van der Waals surface area contributed by atoms with Crippen molar-refractivity contribution in [2.45, 2.75) is 50.6 Å². The van der Waals surface area contributed by atoms with Crippen LogP contribution < -0.4 is 5.32 Å². The number of benzene rings is 1. The number of amides is 1. The summed E-state index contributed by atoms with van der Waals surface area (Å²) < 4.78 is 10.7. The first-order valence-electron chi connectivity index (χ1n) is 8.41. The van der Waals surface area contributed by atoms with Crippen LogP contribution in [0.5, 0.6) is 0 Å². The summed E-state index contributed by atoms with van der Waals surface area (Å²) in [6.45, 7) is 2.62. The van der Waals surface area contributed by atoms with Crippen molar-refractivity contribution >= 4 is 13.9 Å². The maximum Gasteiger partial charge on any atom is 0.407 e. The Hall–Kier alpha value is -1.61. The van der Waals surface area contributed by atoms with Crippen molar-refractivity contribution in [2.24, 2.45) is 0 Å². The van der Waals surface area contributed by atoms with Crippen LogP contribution in [0.4, 0.5) is 4.79 Å². The Labute approximate surface area is 148 Å². The molecule has 1 unspecified atom stereocenters. The molecule has 0 bridgehead atoms. The van der Waals surface area contributed by atoms with Gasteiger partial charge in [0.2, 0.25) is 0 Å². The molecule has 1 fully saturated rings. The molecule has 2 radical (unpaired) electrons. The highest BCUT2D eigenvalue weighted by Crippen LogP contribution is 2.23. The van der Waals surface area contributed by atoms with Crippen LogP contribution >= 0.6 is 0 Å². The summed E-state index contributed by atoms with van der Waals surface area (Å²) in [5, 5.41) is 13.0. The number of aliphatic hydroxyl groups excluding tert-OH is 1. The summed E-state index contributed by atoms with van der Waals surface area (Å²) in [5.74, 6) is 0. The number of ether oxygens (including phenoxy) is 2. The number of alkyl carbamates (subject to hydrolysis) is 1. The molecule has 4 atom stereocenters. The van der Waals surface area contributed by atoms with Crippen LogP contribution in [0.3, 0.4) is 0 Å². The number of nitrogens with one attached hydrogen (secondary N) is 1. The number of hydrogen-bond donors (Lipinski definition) is 2. The molecule has 7 nitrogen and oxygen atoms in total. The Kier molecular flexibility index (Phi) is 8.20. The number of rotatable bonds is 9. The summed E-state index contributed by atoms with van der Waals surface area (Å²) in [7, 11) is 5.79. The van der Waals surface area contributed by atoms with Crippen LogP contribution in [0.1, 0.15) is 25.3 Å². The number of aliphatic hydroxyl groups is 1. The van der Waals surface area contributed by atoms with Crippen molar-refractivity contribution in [3.05, 3.63) is 35.9 Å². The molecule has 0 spiro atoms. The first-order chi connectivity index (χ1) is 12.1. The van der Waals surface area contributed by atoms with Gasteiger partial charge in [-0.05, 0) is 18.9 Å². The highest BCUT2D eigenvalue weighted by Gasteiger charge is 2.38. The molecule has 0 aromatic heterocycles. The van der Waals surface area contributed by atoms with Crippen molar-refractivity contribution in [3.8, 4) is 0 Å². The largest absolute Gasteiger partial charge is 0.445 e. The highest BCUT2D eigenvalue weighted by atomic mass is 17.2. The summed E-state index contributed by atoms with van der Waals surface area (Å²) >= 11 is 0.